The second-order valence-electron chi connectivity index (χ2n) is 21.1. The quantitative estimate of drug-likeness (QED) is 0.00976. The normalized spacial score (nSPS) is 15.9. The molecule has 1 aromatic heterocycles. The van der Waals surface area contributed by atoms with E-state index >= 15 is 0 Å². The molecule has 4 heterocycles. The van der Waals surface area contributed by atoms with Crippen LogP contribution in [0.25, 0.3) is 55.9 Å². The number of alkyl carbamates (subject to hydrolysis) is 1. The number of nitrogens with one attached hydrogen (secondary N) is 3. The number of aliphatic hydroxyl groups is 2. The van der Waals surface area contributed by atoms with E-state index in [1.165, 1.54) is 12.1 Å². The number of thiocarbonyl (C=S) groups is 1. The number of Topliss-reactive ketones (excluding diaryl/α,β-unsaturated/α-hetero) is 1. The molecule has 0 bridgehead atoms. The van der Waals surface area contributed by atoms with E-state index in [-0.39, 0.29) is 88.5 Å². The number of ketones is 1. The number of hydrogen-bond donors (Lipinski definition) is 8. The van der Waals surface area contributed by atoms with Crippen LogP contribution in [0.15, 0.2) is 135 Å². The summed E-state index contributed by atoms with van der Waals surface area (Å²) in [6.45, 7) is 5.24. The van der Waals surface area contributed by atoms with Crippen molar-refractivity contribution in [2.45, 2.75) is 77.0 Å². The molecular weight excluding hydrogens is 1150 g/mol. The van der Waals surface area contributed by atoms with Gasteiger partial charge in [0.05, 0.1) is 76.8 Å². The molecule has 0 spiro atoms. The number of guanidine groups is 1. The minimum Gasteiger partial charge on any atom is -0.479 e. The molecule has 4 aliphatic rings. The van der Waals surface area contributed by atoms with Gasteiger partial charge in [-0.3, -0.25) is 14.4 Å². The first-order chi connectivity index (χ1) is 42.6. The number of carboxylic acids is 1. The number of carboxylic acid groups (broad SMARTS) is 1. The topological polar surface area (TPSA) is 340 Å². The molecule has 5 aromatic rings. The van der Waals surface area contributed by atoms with Crippen LogP contribution < -0.4 is 37.7 Å². The molecule has 9 rings (SSSR count). The van der Waals surface area contributed by atoms with Gasteiger partial charge in [-0.25, -0.2) is 19.3 Å². The van der Waals surface area contributed by atoms with Crippen LogP contribution in [0.4, 0.5) is 16.2 Å². The van der Waals surface area contributed by atoms with Crippen LogP contribution in [0.3, 0.4) is 0 Å². The number of benzene rings is 5. The predicted molar refractivity (Wildman–Crippen MR) is 332 cm³/mol. The molecule has 0 saturated carbocycles. The lowest BCUT2D eigenvalue weighted by atomic mass is 9.87. The van der Waals surface area contributed by atoms with Gasteiger partial charge in [0.2, 0.25) is 11.7 Å². The van der Waals surface area contributed by atoms with E-state index in [1.807, 2.05) is 97.9 Å². The van der Waals surface area contributed by atoms with E-state index in [4.69, 9.17) is 51.8 Å². The number of aliphatic hydroxyl groups excluding tert-OH is 2. The van der Waals surface area contributed by atoms with Crippen molar-refractivity contribution in [2.24, 2.45) is 22.4 Å². The summed E-state index contributed by atoms with van der Waals surface area (Å²) in [5.41, 5.74) is 20.7. The summed E-state index contributed by atoms with van der Waals surface area (Å²) >= 11 is 5.59. The summed E-state index contributed by atoms with van der Waals surface area (Å²) < 4.78 is 36.0. The maximum Gasteiger partial charge on any atom is 0.407 e. The summed E-state index contributed by atoms with van der Waals surface area (Å²) in [4.78, 5) is 69.9. The minimum absolute atomic E-state index is 0.0118. The summed E-state index contributed by atoms with van der Waals surface area (Å²) in [6, 6.07) is 33.2. The van der Waals surface area contributed by atoms with Crippen molar-refractivity contribution in [1.29, 1.82) is 0 Å². The standard InChI is InChI=1S/C63H70N10O14S/c1-37-13-20-46-51(32-37)85-52-33-43(76)18-21-47(52)55(46)39-14-16-41(17-15-39)68-62(88)66-23-7-9-42(75)19-22-54(78)72-35-40-8-3-4-10-44(40)57-56(45-11-5-6-12-49(45)72)70-71-73(57)25-27-83-29-31-84-30-28-82-26-24-67-63(81)87-59(50(77)36-74)58-38(2)48(69-61(64)65)34-53(86-58)60(79)80/h3-6,8,10-18,20-21,32-34,38,48,50,58-59,74,77H,7,9,19,22-31,35-36H2,1-2H3,(H,67,81)(H,79,80)(H4,64,65,69)(H2,66,68,88)/t38-,48+,50-,58-,59-/m1/s1. The van der Waals surface area contributed by atoms with Crippen molar-refractivity contribution in [3.8, 4) is 45.0 Å². The zero-order valence-corrected chi connectivity index (χ0v) is 49.4. The Kier molecular flexibility index (Phi) is 21.6. The van der Waals surface area contributed by atoms with Gasteiger partial charge in [-0.05, 0) is 84.7 Å². The van der Waals surface area contributed by atoms with Gasteiger partial charge in [0.1, 0.15) is 35.0 Å². The Bertz CT molecular complexity index is 3720. The molecule has 3 aliphatic heterocycles. The smallest absolute Gasteiger partial charge is 0.407 e. The van der Waals surface area contributed by atoms with E-state index in [9.17, 15) is 39.3 Å². The first-order valence-electron chi connectivity index (χ1n) is 28.8. The largest absolute Gasteiger partial charge is 0.479 e. The second kappa shape index (κ2) is 30.0. The van der Waals surface area contributed by atoms with E-state index in [1.54, 1.807) is 28.6 Å². The van der Waals surface area contributed by atoms with Crippen LogP contribution in [-0.2, 0) is 51.2 Å². The number of anilines is 2. The SMILES string of the molecule is Cc1ccc2c(-c3ccc(NC(=S)NCCCC(=O)CCC(=O)N4Cc5ccccc5-c5c(nnn5CCOCCOCCOCCNC(=O)O[C@@H]([C@@H]5OC(C(=O)O)=C[C@H](N=C(N)N)[C@H]5C)[C@H](O)CO)-c5ccccc54)cc3)c3ccc(=O)cc-3oc2c1. The number of aliphatic carboxylic acids is 1. The number of nitrogens with two attached hydrogens (primary N) is 2. The number of nitrogens with zero attached hydrogens (tertiary/aromatic N) is 5. The molecule has 0 radical (unpaired) electrons. The molecule has 2 amide bonds. The van der Waals surface area contributed by atoms with Gasteiger partial charge in [0.25, 0.3) is 0 Å². The lowest BCUT2D eigenvalue weighted by molar-refractivity contribution is -0.147. The van der Waals surface area contributed by atoms with Crippen LogP contribution in [0.2, 0.25) is 0 Å². The fourth-order valence-corrected chi connectivity index (χ4v) is 10.8. The average molecular weight is 1220 g/mol. The maximum absolute atomic E-state index is 14.2. The van der Waals surface area contributed by atoms with E-state index in [0.29, 0.717) is 54.0 Å². The number of hydrogen-bond acceptors (Lipinski definition) is 17. The molecule has 24 nitrogen and oxygen atoms in total. The van der Waals surface area contributed by atoms with Crippen LogP contribution in [-0.4, -0.2) is 149 Å². The first-order valence-corrected chi connectivity index (χ1v) is 29.2. The number of aryl methyl sites for hydroxylation is 1. The second-order valence-corrected chi connectivity index (χ2v) is 21.5. The van der Waals surface area contributed by atoms with Gasteiger partial charge in [0.15, 0.2) is 22.6 Å². The molecule has 462 valence electrons. The lowest BCUT2D eigenvalue weighted by Gasteiger charge is -2.38. The Hall–Kier alpha value is -9.11. The lowest BCUT2D eigenvalue weighted by Crippen LogP contribution is -2.52. The summed E-state index contributed by atoms with van der Waals surface area (Å²) in [5, 5.41) is 49.2. The number of carbonyl (C=O) groups excluding carboxylic acids is 3. The van der Waals surface area contributed by atoms with Gasteiger partial charge >= 0.3 is 12.1 Å². The summed E-state index contributed by atoms with van der Waals surface area (Å²) in [7, 11) is 0. The Balaban J connectivity index is 0.686. The van der Waals surface area contributed by atoms with E-state index < -0.39 is 54.7 Å². The highest BCUT2D eigenvalue weighted by Gasteiger charge is 2.44. The first kappa shape index (κ1) is 63.4. The zero-order valence-electron chi connectivity index (χ0n) is 48.6. The molecule has 25 heteroatoms. The van der Waals surface area contributed by atoms with Crippen molar-refractivity contribution in [2.75, 3.05) is 69.6 Å². The molecule has 0 fully saturated rings. The Morgan fingerprint density at radius 3 is 2.32 bits per heavy atom. The van der Waals surface area contributed by atoms with Gasteiger partial charge < -0.3 is 75.7 Å². The number of aliphatic imine (C=N–C) groups is 1. The van der Waals surface area contributed by atoms with Gasteiger partial charge in [0, 0.05) is 77.7 Å². The van der Waals surface area contributed by atoms with E-state index in [0.717, 1.165) is 55.7 Å². The number of aromatic nitrogens is 3. The van der Waals surface area contributed by atoms with Crippen LogP contribution in [0.1, 0.15) is 43.7 Å². The van der Waals surface area contributed by atoms with Gasteiger partial charge in [-0.2, -0.15) is 0 Å². The molecule has 1 aliphatic carbocycles. The van der Waals surface area contributed by atoms with Crippen molar-refractivity contribution in [3.05, 3.63) is 142 Å². The van der Waals surface area contributed by atoms with Crippen LogP contribution in [0, 0.1) is 12.8 Å². The monoisotopic (exact) mass is 1220 g/mol. The molecule has 4 aromatic carbocycles. The third-order valence-electron chi connectivity index (χ3n) is 14.9. The highest BCUT2D eigenvalue weighted by Crippen LogP contribution is 2.43. The third-order valence-corrected chi connectivity index (χ3v) is 15.1. The molecule has 88 heavy (non-hydrogen) atoms. The van der Waals surface area contributed by atoms with Gasteiger partial charge in [-0.1, -0.05) is 78.9 Å². The van der Waals surface area contributed by atoms with Crippen molar-refractivity contribution in [3.63, 3.8) is 0 Å². The number of fused-ring (bicyclic) bond motifs is 7. The Morgan fingerprint density at radius 1 is 0.841 bits per heavy atom. The highest BCUT2D eigenvalue weighted by molar-refractivity contribution is 7.80. The third kappa shape index (κ3) is 15.9. The average Bonchev–Trinajstić information content (AvgIpc) is 1.52. The summed E-state index contributed by atoms with van der Waals surface area (Å²) in [5.74, 6) is -2.63. The fourth-order valence-electron chi connectivity index (χ4n) is 10.5. The van der Waals surface area contributed by atoms with Gasteiger partial charge in [-0.15, -0.1) is 5.10 Å². The maximum atomic E-state index is 14.2. The Labute approximate surface area is 511 Å². The predicted octanol–water partition coefficient (Wildman–Crippen LogP) is 5.90. The minimum atomic E-state index is -1.62. The molecule has 0 unspecified atom stereocenters. The van der Waals surface area contributed by atoms with E-state index in [2.05, 4.69) is 31.3 Å². The molecule has 10 N–H and O–H groups in total. The molecular formula is C63H70N10O14S. The van der Waals surface area contributed by atoms with Crippen LogP contribution >= 0.6 is 12.2 Å². The number of rotatable bonds is 27. The van der Waals surface area contributed by atoms with Crippen molar-refractivity contribution < 1.29 is 62.6 Å². The van der Waals surface area contributed by atoms with Crippen molar-refractivity contribution >= 4 is 69.4 Å². The number of para-hydroxylation sites is 1. The number of ether oxygens (including phenoxy) is 5. The summed E-state index contributed by atoms with van der Waals surface area (Å²) in [6.07, 6.45) is -3.23. The number of carbonyl (C=O) groups is 4. The fraction of sp³-hybridized carbons (Fsp3) is 0.349. The Morgan fingerprint density at radius 2 is 1.57 bits per heavy atom. The highest BCUT2D eigenvalue weighted by atomic mass is 32.1. The number of amides is 2. The molecule has 0 saturated heterocycles. The zero-order chi connectivity index (χ0) is 62.3. The molecule has 5 atom stereocenters. The van der Waals surface area contributed by atoms with Crippen LogP contribution in [0.5, 0.6) is 0 Å². The van der Waals surface area contributed by atoms with Crippen molar-refractivity contribution in [1.82, 2.24) is 25.6 Å².